The van der Waals surface area contributed by atoms with Crippen molar-refractivity contribution >= 4 is 97.6 Å². The van der Waals surface area contributed by atoms with Crippen molar-refractivity contribution in [2.45, 2.75) is 0 Å². The van der Waals surface area contributed by atoms with Gasteiger partial charge in [0.05, 0.1) is 16.6 Å². The third-order valence-electron chi connectivity index (χ3n) is 13.2. The predicted molar refractivity (Wildman–Crippen MR) is 265 cm³/mol. The minimum atomic E-state index is 0.557. The van der Waals surface area contributed by atoms with Crippen molar-refractivity contribution in [2.24, 2.45) is 0 Å². The van der Waals surface area contributed by atoms with Crippen molar-refractivity contribution in [3.8, 4) is 39.9 Å². The quantitative estimate of drug-likeness (QED) is 0.166. The molecule has 0 aliphatic rings. The Balaban J connectivity index is 0.990. The van der Waals surface area contributed by atoms with Gasteiger partial charge >= 0.3 is 0 Å². The van der Waals surface area contributed by atoms with Crippen LogP contribution in [0.3, 0.4) is 0 Å². The van der Waals surface area contributed by atoms with Crippen LogP contribution in [0.5, 0.6) is 0 Å². The van der Waals surface area contributed by atoms with Gasteiger partial charge in [-0.25, -0.2) is 15.0 Å². The lowest BCUT2D eigenvalue weighted by Gasteiger charge is -2.11. The number of furan rings is 1. The maximum Gasteiger partial charge on any atom is 0.167 e. The molecule has 14 aromatic rings. The van der Waals surface area contributed by atoms with Crippen LogP contribution in [0.25, 0.3) is 137 Å². The molecule has 0 radical (unpaired) electrons. The molecule has 0 spiro atoms. The summed E-state index contributed by atoms with van der Waals surface area (Å²) in [5.74, 6) is 1.77. The summed E-state index contributed by atoms with van der Waals surface area (Å²) < 4.78 is 9.34. The second kappa shape index (κ2) is 13.4. The standard InChI is InChI=1S/C59H34N4O/c1-2-13-39(14-3-1)57-60-58(42-24-23-37-22-21-35-11-6-8-17-44(35)48(37)32-42)62-59(61-57)47-20-10-19-46-55-49-34-43(28-25-38(49)27-30-53(55)64-56(46)47)63-51-29-26-36-12-7-9-18-45(36)54(51)50-31-40-15-4-5-16-41(40)33-52(50)63/h1-34H. The van der Waals surface area contributed by atoms with Gasteiger partial charge in [0.15, 0.2) is 17.5 Å². The topological polar surface area (TPSA) is 56.7 Å². The third kappa shape index (κ3) is 5.22. The number of rotatable bonds is 4. The Morgan fingerprint density at radius 1 is 0.328 bits per heavy atom. The maximum atomic E-state index is 6.90. The minimum absolute atomic E-state index is 0.557. The van der Waals surface area contributed by atoms with E-state index in [1.807, 2.05) is 30.3 Å². The molecule has 0 atom stereocenters. The van der Waals surface area contributed by atoms with Crippen LogP contribution >= 0.6 is 0 Å². The highest BCUT2D eigenvalue weighted by atomic mass is 16.3. The van der Waals surface area contributed by atoms with Gasteiger partial charge < -0.3 is 8.98 Å². The minimum Gasteiger partial charge on any atom is -0.455 e. The van der Waals surface area contributed by atoms with E-state index in [9.17, 15) is 0 Å². The van der Waals surface area contributed by atoms with Crippen LogP contribution in [-0.4, -0.2) is 19.5 Å². The van der Waals surface area contributed by atoms with E-state index in [1.54, 1.807) is 0 Å². The molecule has 0 saturated carbocycles. The number of benzene rings is 11. The summed E-state index contributed by atoms with van der Waals surface area (Å²) in [6.45, 7) is 0. The fraction of sp³-hybridized carbons (Fsp3) is 0. The number of hydrogen-bond donors (Lipinski definition) is 0. The third-order valence-corrected chi connectivity index (χ3v) is 13.2. The summed E-state index contributed by atoms with van der Waals surface area (Å²) in [6, 6.07) is 73.4. The van der Waals surface area contributed by atoms with Gasteiger partial charge in [0, 0.05) is 38.4 Å². The number of fused-ring (bicyclic) bond motifs is 14. The van der Waals surface area contributed by atoms with E-state index >= 15 is 0 Å². The molecular weight excluding hydrogens is 781 g/mol. The highest BCUT2D eigenvalue weighted by Crippen LogP contribution is 2.43. The molecule has 5 nitrogen and oxygen atoms in total. The Hall–Kier alpha value is -8.67. The lowest BCUT2D eigenvalue weighted by Crippen LogP contribution is -2.00. The molecule has 0 unspecified atom stereocenters. The second-order valence-electron chi connectivity index (χ2n) is 16.8. The van der Waals surface area contributed by atoms with Gasteiger partial charge in [0.25, 0.3) is 0 Å². The number of hydrogen-bond acceptors (Lipinski definition) is 4. The van der Waals surface area contributed by atoms with E-state index in [2.05, 4.69) is 180 Å². The van der Waals surface area contributed by atoms with E-state index in [0.717, 1.165) is 60.5 Å². The lowest BCUT2D eigenvalue weighted by atomic mass is 9.99. The summed E-state index contributed by atoms with van der Waals surface area (Å²) in [6.07, 6.45) is 0. The van der Waals surface area contributed by atoms with Gasteiger partial charge in [0.1, 0.15) is 11.2 Å². The molecule has 3 aromatic heterocycles. The maximum absolute atomic E-state index is 6.90. The van der Waals surface area contributed by atoms with Crippen LogP contribution in [0, 0.1) is 0 Å². The average Bonchev–Trinajstić information content (AvgIpc) is 3.91. The summed E-state index contributed by atoms with van der Waals surface area (Å²) in [5.41, 5.74) is 7.65. The van der Waals surface area contributed by atoms with Gasteiger partial charge in [-0.3, -0.25) is 0 Å². The highest BCUT2D eigenvalue weighted by Gasteiger charge is 2.21. The smallest absolute Gasteiger partial charge is 0.167 e. The highest BCUT2D eigenvalue weighted by molar-refractivity contribution is 6.24. The van der Waals surface area contributed by atoms with Crippen LogP contribution in [0.2, 0.25) is 0 Å². The fourth-order valence-electron chi connectivity index (χ4n) is 10.2. The molecule has 0 bridgehead atoms. The molecule has 0 aliphatic carbocycles. The van der Waals surface area contributed by atoms with Crippen molar-refractivity contribution in [1.82, 2.24) is 19.5 Å². The van der Waals surface area contributed by atoms with E-state index < -0.39 is 0 Å². The summed E-state index contributed by atoms with van der Waals surface area (Å²) in [5, 5.41) is 16.5. The van der Waals surface area contributed by atoms with E-state index in [0.29, 0.717) is 17.5 Å². The summed E-state index contributed by atoms with van der Waals surface area (Å²) >= 11 is 0. The molecule has 0 fully saturated rings. The number of nitrogens with zero attached hydrogens (tertiary/aromatic N) is 4. The first-order chi connectivity index (χ1) is 31.7. The van der Waals surface area contributed by atoms with Gasteiger partial charge in [-0.1, -0.05) is 158 Å². The van der Waals surface area contributed by atoms with E-state index in [4.69, 9.17) is 19.4 Å². The van der Waals surface area contributed by atoms with Crippen LogP contribution < -0.4 is 0 Å². The summed E-state index contributed by atoms with van der Waals surface area (Å²) in [4.78, 5) is 15.5. The van der Waals surface area contributed by atoms with Gasteiger partial charge in [-0.2, -0.15) is 0 Å². The number of aromatic nitrogens is 4. The Bertz CT molecular complexity index is 4260. The van der Waals surface area contributed by atoms with E-state index in [1.165, 1.54) is 59.5 Å². The van der Waals surface area contributed by atoms with Crippen molar-refractivity contribution in [2.75, 3.05) is 0 Å². The molecule has 11 aromatic carbocycles. The van der Waals surface area contributed by atoms with Crippen molar-refractivity contribution in [3.63, 3.8) is 0 Å². The van der Waals surface area contributed by atoms with Crippen molar-refractivity contribution in [1.29, 1.82) is 0 Å². The SMILES string of the molecule is c1ccc(-c2nc(-c3ccc4ccc5ccccc5c4c3)nc(-c3cccc4c3oc3ccc5ccc(-n6c7cc8ccccc8cc7c7c8ccccc8ccc76)cc5c34)n2)cc1. The van der Waals surface area contributed by atoms with Crippen molar-refractivity contribution < 1.29 is 4.42 Å². The zero-order chi connectivity index (χ0) is 41.9. The van der Waals surface area contributed by atoms with Gasteiger partial charge in [-0.05, 0) is 102 Å². The Labute approximate surface area is 366 Å². The zero-order valence-electron chi connectivity index (χ0n) is 34.3. The first-order valence-electron chi connectivity index (χ1n) is 21.7. The summed E-state index contributed by atoms with van der Waals surface area (Å²) in [7, 11) is 0. The molecule has 296 valence electrons. The number of para-hydroxylation sites is 1. The largest absolute Gasteiger partial charge is 0.455 e. The zero-order valence-corrected chi connectivity index (χ0v) is 34.3. The molecule has 14 rings (SSSR count). The first kappa shape index (κ1) is 35.0. The average molecular weight is 815 g/mol. The van der Waals surface area contributed by atoms with Crippen LogP contribution in [0.15, 0.2) is 211 Å². The fourth-order valence-corrected chi connectivity index (χ4v) is 10.2. The van der Waals surface area contributed by atoms with Gasteiger partial charge in [-0.15, -0.1) is 0 Å². The molecule has 0 amide bonds. The van der Waals surface area contributed by atoms with Crippen LogP contribution in [0.1, 0.15) is 0 Å². The van der Waals surface area contributed by atoms with E-state index in [-0.39, 0.29) is 0 Å². The Kier molecular flexibility index (Phi) is 7.33. The molecule has 64 heavy (non-hydrogen) atoms. The van der Waals surface area contributed by atoms with Gasteiger partial charge in [0.2, 0.25) is 0 Å². The van der Waals surface area contributed by atoms with Crippen molar-refractivity contribution in [3.05, 3.63) is 206 Å². The lowest BCUT2D eigenvalue weighted by molar-refractivity contribution is 0.670. The second-order valence-corrected chi connectivity index (χ2v) is 16.8. The molecular formula is C59H34N4O. The first-order valence-corrected chi connectivity index (χ1v) is 21.7. The normalized spacial score (nSPS) is 12.1. The Morgan fingerprint density at radius 2 is 0.938 bits per heavy atom. The van der Waals surface area contributed by atoms with Crippen LogP contribution in [0.4, 0.5) is 0 Å². The molecule has 0 aliphatic heterocycles. The molecule has 5 heteroatoms. The predicted octanol–water partition coefficient (Wildman–Crippen LogP) is 15.6. The molecule has 0 saturated heterocycles. The van der Waals surface area contributed by atoms with Crippen LogP contribution in [-0.2, 0) is 0 Å². The molecule has 3 heterocycles. The monoisotopic (exact) mass is 814 g/mol. The molecule has 0 N–H and O–H groups in total. The Morgan fingerprint density at radius 3 is 1.78 bits per heavy atom.